The maximum absolute atomic E-state index is 13.7. The molecule has 0 amide bonds. The second-order valence-electron chi connectivity index (χ2n) is 6.21. The summed E-state index contributed by atoms with van der Waals surface area (Å²) in [5.41, 5.74) is 1.38. The first kappa shape index (κ1) is 20.2. The summed E-state index contributed by atoms with van der Waals surface area (Å²) in [4.78, 5) is 0.0965. The zero-order valence-corrected chi connectivity index (χ0v) is 17.0. The van der Waals surface area contributed by atoms with E-state index in [2.05, 4.69) is 0 Å². The fourth-order valence-corrected chi connectivity index (χ4v) is 4.79. The largest absolute Gasteiger partial charge is 0.497 e. The topological polar surface area (TPSA) is 46.6 Å². The number of nitrogens with zero attached hydrogens (tertiary/aromatic N) is 1. The number of benzene rings is 3. The molecule has 0 spiro atoms. The lowest BCUT2D eigenvalue weighted by atomic mass is 10.2. The molecule has 3 rings (SSSR count). The van der Waals surface area contributed by atoms with Crippen molar-refractivity contribution in [2.45, 2.75) is 18.4 Å². The number of anilines is 1. The highest BCUT2D eigenvalue weighted by Gasteiger charge is 2.28. The maximum atomic E-state index is 13.7. The summed E-state index contributed by atoms with van der Waals surface area (Å²) in [5.74, 6) is 0.0826. The van der Waals surface area contributed by atoms with Crippen LogP contribution in [-0.4, -0.2) is 15.5 Å². The van der Waals surface area contributed by atoms with Gasteiger partial charge in [-0.25, -0.2) is 12.8 Å². The molecule has 0 saturated heterocycles. The molecule has 28 heavy (non-hydrogen) atoms. The predicted molar refractivity (Wildman–Crippen MR) is 109 cm³/mol. The van der Waals surface area contributed by atoms with Crippen molar-refractivity contribution in [3.63, 3.8) is 0 Å². The summed E-state index contributed by atoms with van der Waals surface area (Å²) >= 11 is 6.15. The second-order valence-corrected chi connectivity index (χ2v) is 8.44. The van der Waals surface area contributed by atoms with E-state index in [0.29, 0.717) is 27.6 Å². The van der Waals surface area contributed by atoms with Gasteiger partial charge >= 0.3 is 0 Å². The Hall–Kier alpha value is -2.57. The van der Waals surface area contributed by atoms with Crippen LogP contribution in [0.1, 0.15) is 11.1 Å². The van der Waals surface area contributed by atoms with Crippen LogP contribution in [0.25, 0.3) is 0 Å². The molecule has 0 aliphatic heterocycles. The molecule has 0 aliphatic carbocycles. The molecular weight excluding hydrogens is 401 g/mol. The van der Waals surface area contributed by atoms with Crippen molar-refractivity contribution in [3.8, 4) is 5.75 Å². The van der Waals surface area contributed by atoms with Gasteiger partial charge < -0.3 is 4.74 Å². The van der Waals surface area contributed by atoms with Crippen molar-refractivity contribution in [2.24, 2.45) is 0 Å². The third kappa shape index (κ3) is 4.13. The van der Waals surface area contributed by atoms with Gasteiger partial charge in [-0.15, -0.1) is 0 Å². The summed E-state index contributed by atoms with van der Waals surface area (Å²) in [7, 11) is -2.47. The third-order valence-corrected chi connectivity index (χ3v) is 6.67. The summed E-state index contributed by atoms with van der Waals surface area (Å²) in [6, 6.07) is 17.3. The predicted octanol–water partition coefficient (Wildman–Crippen LogP) is 5.19. The fraction of sp³-hybridized carbons (Fsp3) is 0.143. The summed E-state index contributed by atoms with van der Waals surface area (Å²) < 4.78 is 47.2. The third-order valence-electron chi connectivity index (χ3n) is 4.34. The van der Waals surface area contributed by atoms with E-state index in [1.54, 1.807) is 55.5 Å². The minimum Gasteiger partial charge on any atom is -0.497 e. The average Bonchev–Trinajstić information content (AvgIpc) is 2.68. The number of halogens is 2. The zero-order valence-electron chi connectivity index (χ0n) is 15.4. The quantitative estimate of drug-likeness (QED) is 0.552. The molecule has 0 atom stereocenters. The first-order valence-corrected chi connectivity index (χ1v) is 10.3. The number of ether oxygens (including phenoxy) is 1. The molecule has 0 aliphatic rings. The van der Waals surface area contributed by atoms with Crippen LogP contribution in [0.3, 0.4) is 0 Å². The van der Waals surface area contributed by atoms with Gasteiger partial charge in [-0.05, 0) is 54.4 Å². The molecule has 3 aromatic rings. The molecule has 4 nitrogen and oxygen atoms in total. The van der Waals surface area contributed by atoms with Gasteiger partial charge in [0.05, 0.1) is 24.2 Å². The van der Waals surface area contributed by atoms with Crippen LogP contribution in [-0.2, 0) is 16.6 Å². The van der Waals surface area contributed by atoms with Crippen LogP contribution in [0.5, 0.6) is 5.75 Å². The Kier molecular flexibility index (Phi) is 5.91. The first-order valence-electron chi connectivity index (χ1n) is 8.49. The molecule has 0 bridgehead atoms. The highest BCUT2D eigenvalue weighted by molar-refractivity contribution is 7.92. The minimum atomic E-state index is -3.97. The van der Waals surface area contributed by atoms with Gasteiger partial charge in [-0.1, -0.05) is 35.9 Å². The minimum absolute atomic E-state index is 0.0424. The van der Waals surface area contributed by atoms with E-state index >= 15 is 0 Å². The summed E-state index contributed by atoms with van der Waals surface area (Å²) in [6.45, 7) is 1.61. The Morgan fingerprint density at radius 1 is 1.04 bits per heavy atom. The van der Waals surface area contributed by atoms with Crippen LogP contribution in [0, 0.1) is 12.7 Å². The molecule has 0 N–H and O–H groups in total. The highest BCUT2D eigenvalue weighted by Crippen LogP contribution is 2.32. The van der Waals surface area contributed by atoms with Crippen LogP contribution in [0.4, 0.5) is 10.1 Å². The first-order chi connectivity index (χ1) is 13.3. The van der Waals surface area contributed by atoms with Crippen LogP contribution >= 0.6 is 11.6 Å². The molecule has 0 radical (unpaired) electrons. The Balaban J connectivity index is 2.15. The van der Waals surface area contributed by atoms with Crippen LogP contribution < -0.4 is 9.04 Å². The SMILES string of the molecule is COc1cccc(N(Cc2cccc(F)c2)S(=O)(=O)c2cccc(Cl)c2C)c1. The average molecular weight is 420 g/mol. The Bertz CT molecular complexity index is 1100. The molecule has 0 saturated carbocycles. The molecular formula is C21H19ClFNO3S. The molecule has 0 fully saturated rings. The van der Waals surface area contributed by atoms with E-state index in [-0.39, 0.29) is 11.4 Å². The molecule has 0 unspecified atom stereocenters. The number of sulfonamides is 1. The van der Waals surface area contributed by atoms with E-state index in [0.717, 1.165) is 0 Å². The van der Waals surface area contributed by atoms with Crippen molar-refractivity contribution in [1.29, 1.82) is 0 Å². The lowest BCUT2D eigenvalue weighted by Gasteiger charge is -2.26. The van der Waals surface area contributed by atoms with Gasteiger partial charge in [0.15, 0.2) is 0 Å². The number of rotatable bonds is 6. The molecule has 0 aromatic heterocycles. The number of hydrogen-bond acceptors (Lipinski definition) is 3. The van der Waals surface area contributed by atoms with E-state index in [1.807, 2.05) is 0 Å². The lowest BCUT2D eigenvalue weighted by molar-refractivity contribution is 0.415. The van der Waals surface area contributed by atoms with Gasteiger partial charge in [0.25, 0.3) is 10.0 Å². The summed E-state index contributed by atoms with van der Waals surface area (Å²) in [5, 5.41) is 0.359. The van der Waals surface area contributed by atoms with Crippen LogP contribution in [0.2, 0.25) is 5.02 Å². The van der Waals surface area contributed by atoms with Gasteiger partial charge in [-0.2, -0.15) is 0 Å². The number of methoxy groups -OCH3 is 1. The van der Waals surface area contributed by atoms with Crippen molar-refractivity contribution in [3.05, 3.63) is 88.7 Å². The van der Waals surface area contributed by atoms with E-state index in [4.69, 9.17) is 16.3 Å². The normalized spacial score (nSPS) is 11.3. The van der Waals surface area contributed by atoms with E-state index in [9.17, 15) is 12.8 Å². The number of hydrogen-bond donors (Lipinski definition) is 0. The smallest absolute Gasteiger partial charge is 0.264 e. The second kappa shape index (κ2) is 8.20. The summed E-state index contributed by atoms with van der Waals surface area (Å²) in [6.07, 6.45) is 0. The Labute approximate surface area is 169 Å². The zero-order chi connectivity index (χ0) is 20.3. The monoisotopic (exact) mass is 419 g/mol. The van der Waals surface area contributed by atoms with Gasteiger partial charge in [0, 0.05) is 11.1 Å². The Morgan fingerprint density at radius 2 is 1.75 bits per heavy atom. The standard InChI is InChI=1S/C21H19ClFNO3S/c1-15-20(22)10-5-11-21(15)28(25,26)24(14-16-6-3-7-17(23)12-16)18-8-4-9-19(13-18)27-2/h3-13H,14H2,1-2H3. The van der Waals surface area contributed by atoms with Gasteiger partial charge in [0.1, 0.15) is 11.6 Å². The van der Waals surface area contributed by atoms with Crippen molar-refractivity contribution in [1.82, 2.24) is 0 Å². The molecule has 146 valence electrons. The van der Waals surface area contributed by atoms with E-state index in [1.165, 1.54) is 29.6 Å². The lowest BCUT2D eigenvalue weighted by Crippen LogP contribution is -2.31. The Morgan fingerprint density at radius 3 is 2.46 bits per heavy atom. The van der Waals surface area contributed by atoms with Crippen molar-refractivity contribution in [2.75, 3.05) is 11.4 Å². The van der Waals surface area contributed by atoms with Gasteiger partial charge in [0.2, 0.25) is 0 Å². The fourth-order valence-electron chi connectivity index (χ4n) is 2.87. The highest BCUT2D eigenvalue weighted by atomic mass is 35.5. The van der Waals surface area contributed by atoms with E-state index < -0.39 is 15.8 Å². The van der Waals surface area contributed by atoms with Gasteiger partial charge in [-0.3, -0.25) is 4.31 Å². The molecule has 3 aromatic carbocycles. The van der Waals surface area contributed by atoms with Crippen molar-refractivity contribution < 1.29 is 17.5 Å². The molecule has 0 heterocycles. The van der Waals surface area contributed by atoms with Crippen molar-refractivity contribution >= 4 is 27.3 Å². The van der Waals surface area contributed by atoms with Crippen LogP contribution in [0.15, 0.2) is 71.6 Å². The molecule has 7 heteroatoms. The maximum Gasteiger partial charge on any atom is 0.264 e.